The van der Waals surface area contributed by atoms with Crippen molar-refractivity contribution < 1.29 is 4.79 Å². The zero-order chi connectivity index (χ0) is 24.8. The van der Waals surface area contributed by atoms with E-state index in [1.807, 2.05) is 67.1 Å². The summed E-state index contributed by atoms with van der Waals surface area (Å²) >= 11 is 6.34. The van der Waals surface area contributed by atoms with E-state index in [9.17, 15) is 4.79 Å². The van der Waals surface area contributed by atoms with Crippen LogP contribution in [-0.2, 0) is 11.3 Å². The Hall–Kier alpha value is -2.93. The maximum absolute atomic E-state index is 13.0. The van der Waals surface area contributed by atoms with Crippen LogP contribution in [0, 0.1) is 13.8 Å². The van der Waals surface area contributed by atoms with Gasteiger partial charge in [-0.25, -0.2) is 0 Å². The Morgan fingerprint density at radius 3 is 2.46 bits per heavy atom. The normalized spacial score (nSPS) is 16.0. The van der Waals surface area contributed by atoms with Gasteiger partial charge in [0.05, 0.1) is 18.3 Å². The van der Waals surface area contributed by atoms with Crippen molar-refractivity contribution in [2.45, 2.75) is 26.4 Å². The first-order valence-corrected chi connectivity index (χ1v) is 12.5. The second-order valence-corrected chi connectivity index (χ2v) is 9.65. The molecule has 184 valence electrons. The highest BCUT2D eigenvalue weighted by molar-refractivity contribution is 6.31. The zero-order valence-corrected chi connectivity index (χ0v) is 21.5. The Bertz CT molecular complexity index is 1170. The third-order valence-electron chi connectivity index (χ3n) is 6.67. The Kier molecular flexibility index (Phi) is 8.39. The predicted octanol–water partition coefficient (Wildman–Crippen LogP) is 4.32. The molecule has 0 radical (unpaired) electrons. The molecule has 2 heterocycles. The molecule has 0 aliphatic carbocycles. The van der Waals surface area contributed by atoms with E-state index < -0.39 is 0 Å². The number of hydrogen-bond acceptors (Lipinski definition) is 4. The lowest BCUT2D eigenvalue weighted by Crippen LogP contribution is -2.47. The molecule has 35 heavy (non-hydrogen) atoms. The molecule has 1 unspecified atom stereocenters. The first-order chi connectivity index (χ1) is 16.9. The number of aryl methyl sites for hydroxylation is 1. The fourth-order valence-electron chi connectivity index (χ4n) is 4.48. The van der Waals surface area contributed by atoms with Gasteiger partial charge in [-0.3, -0.25) is 14.4 Å². The van der Waals surface area contributed by atoms with Gasteiger partial charge in [0.2, 0.25) is 5.91 Å². The summed E-state index contributed by atoms with van der Waals surface area (Å²) in [5.41, 5.74) is 4.98. The van der Waals surface area contributed by atoms with Crippen molar-refractivity contribution in [1.82, 2.24) is 24.9 Å². The molecule has 0 saturated carbocycles. The van der Waals surface area contributed by atoms with Crippen molar-refractivity contribution in [3.63, 3.8) is 0 Å². The molecule has 0 spiro atoms. The van der Waals surface area contributed by atoms with Crippen LogP contribution >= 0.6 is 11.6 Å². The number of carbonyl (C=O) groups excluding carboxylic acids is 1. The van der Waals surface area contributed by atoms with Gasteiger partial charge in [-0.05, 0) is 44.2 Å². The quantitative estimate of drug-likeness (QED) is 0.477. The van der Waals surface area contributed by atoms with Crippen LogP contribution in [0.4, 0.5) is 0 Å². The van der Waals surface area contributed by atoms with Crippen molar-refractivity contribution in [3.8, 4) is 0 Å². The van der Waals surface area contributed by atoms with Crippen molar-refractivity contribution in [2.75, 3.05) is 39.8 Å². The smallest absolute Gasteiger partial charge is 0.244 e. The van der Waals surface area contributed by atoms with Crippen LogP contribution in [0.15, 0.2) is 60.7 Å². The topological polar surface area (TPSA) is 53.4 Å². The number of benzene rings is 2. The summed E-state index contributed by atoms with van der Waals surface area (Å²) in [4.78, 5) is 17.8. The van der Waals surface area contributed by atoms with Gasteiger partial charge in [0.15, 0.2) is 0 Å². The molecule has 1 aliphatic rings. The molecule has 4 rings (SSSR count). The summed E-state index contributed by atoms with van der Waals surface area (Å²) in [7, 11) is 2.15. The monoisotopic (exact) mass is 491 g/mol. The molecule has 6 nitrogen and oxygen atoms in total. The minimum absolute atomic E-state index is 0.0677. The Morgan fingerprint density at radius 1 is 1.06 bits per heavy atom. The van der Waals surface area contributed by atoms with Crippen LogP contribution in [0.5, 0.6) is 0 Å². The molecule has 1 aromatic heterocycles. The number of halogens is 1. The van der Waals surface area contributed by atoms with Crippen LogP contribution in [0.1, 0.15) is 34.1 Å². The van der Waals surface area contributed by atoms with Crippen molar-refractivity contribution in [2.24, 2.45) is 0 Å². The van der Waals surface area contributed by atoms with Crippen LogP contribution < -0.4 is 5.32 Å². The van der Waals surface area contributed by atoms with Gasteiger partial charge in [0, 0.05) is 55.1 Å². The van der Waals surface area contributed by atoms with E-state index in [4.69, 9.17) is 11.6 Å². The van der Waals surface area contributed by atoms with E-state index in [1.165, 1.54) is 0 Å². The number of nitrogens with one attached hydrogen (secondary N) is 1. The van der Waals surface area contributed by atoms with Crippen LogP contribution in [0.2, 0.25) is 5.02 Å². The average molecular weight is 492 g/mol. The maximum atomic E-state index is 13.0. The second-order valence-electron chi connectivity index (χ2n) is 9.24. The minimum Gasteiger partial charge on any atom is -0.344 e. The fraction of sp³-hybridized carbons (Fsp3) is 0.357. The van der Waals surface area contributed by atoms with Crippen molar-refractivity contribution in [3.05, 3.63) is 93.8 Å². The van der Waals surface area contributed by atoms with Crippen LogP contribution in [0.25, 0.3) is 6.08 Å². The molecule has 1 N–H and O–H groups in total. The van der Waals surface area contributed by atoms with Gasteiger partial charge in [-0.2, -0.15) is 5.10 Å². The predicted molar refractivity (Wildman–Crippen MR) is 143 cm³/mol. The molecule has 1 saturated heterocycles. The lowest BCUT2D eigenvalue weighted by molar-refractivity contribution is -0.117. The van der Waals surface area contributed by atoms with Gasteiger partial charge in [0.1, 0.15) is 0 Å². The molecule has 1 aliphatic heterocycles. The number of carbonyl (C=O) groups is 1. The summed E-state index contributed by atoms with van der Waals surface area (Å²) in [5, 5.41) is 8.64. The standard InChI is InChI=1S/C28H34ClN5O/c1-21-25(22(2)34(31-21)19-24-11-7-8-12-26(24)29)13-14-28(35)30-27(23-9-5-4-6-10-23)20-33-17-15-32(3)16-18-33/h4-14,27H,15-20H2,1-3H3,(H,30,35)/b14-13+. The summed E-state index contributed by atoms with van der Waals surface area (Å²) in [5.74, 6) is -0.106. The molecular formula is C28H34ClN5O. The molecule has 2 aromatic carbocycles. The van der Waals surface area contributed by atoms with E-state index >= 15 is 0 Å². The SMILES string of the molecule is Cc1nn(Cc2ccccc2Cl)c(C)c1/C=C/C(=O)NC(CN1CCN(C)CC1)c1ccccc1. The van der Waals surface area contributed by atoms with E-state index in [1.54, 1.807) is 6.08 Å². The van der Waals surface area contributed by atoms with Gasteiger partial charge < -0.3 is 10.2 Å². The van der Waals surface area contributed by atoms with Crippen LogP contribution in [-0.4, -0.2) is 65.3 Å². The van der Waals surface area contributed by atoms with Gasteiger partial charge >= 0.3 is 0 Å². The highest BCUT2D eigenvalue weighted by atomic mass is 35.5. The zero-order valence-electron chi connectivity index (χ0n) is 20.7. The van der Waals surface area contributed by atoms with Crippen LogP contribution in [0.3, 0.4) is 0 Å². The summed E-state index contributed by atoms with van der Waals surface area (Å²) in [6.45, 7) is 9.49. The Balaban J connectivity index is 1.45. The first kappa shape index (κ1) is 25.2. The van der Waals surface area contributed by atoms with E-state index in [0.717, 1.165) is 65.8 Å². The highest BCUT2D eigenvalue weighted by Gasteiger charge is 2.21. The molecule has 0 bridgehead atoms. The highest BCUT2D eigenvalue weighted by Crippen LogP contribution is 2.21. The summed E-state index contributed by atoms with van der Waals surface area (Å²) in [6.07, 6.45) is 3.49. The largest absolute Gasteiger partial charge is 0.344 e. The number of aromatic nitrogens is 2. The van der Waals surface area contributed by atoms with Gasteiger partial charge in [-0.15, -0.1) is 0 Å². The number of hydrogen-bond donors (Lipinski definition) is 1. The van der Waals surface area contributed by atoms with E-state index in [0.29, 0.717) is 6.54 Å². The molecule has 1 fully saturated rings. The number of rotatable bonds is 8. The molecular weight excluding hydrogens is 458 g/mol. The fourth-order valence-corrected chi connectivity index (χ4v) is 4.68. The van der Waals surface area contributed by atoms with E-state index in [-0.39, 0.29) is 11.9 Å². The van der Waals surface area contributed by atoms with Gasteiger partial charge in [-0.1, -0.05) is 60.1 Å². The average Bonchev–Trinajstić information content (AvgIpc) is 3.12. The van der Waals surface area contributed by atoms with Crippen molar-refractivity contribution >= 4 is 23.6 Å². The number of nitrogens with zero attached hydrogens (tertiary/aromatic N) is 4. The molecule has 3 aromatic rings. The number of amides is 1. The third-order valence-corrected chi connectivity index (χ3v) is 7.04. The second kappa shape index (κ2) is 11.7. The van der Waals surface area contributed by atoms with Gasteiger partial charge in [0.25, 0.3) is 0 Å². The first-order valence-electron chi connectivity index (χ1n) is 12.1. The molecule has 1 atom stereocenters. The lowest BCUT2D eigenvalue weighted by atomic mass is 10.1. The molecule has 7 heteroatoms. The number of piperazine rings is 1. The lowest BCUT2D eigenvalue weighted by Gasteiger charge is -2.34. The Labute approximate surface area is 213 Å². The van der Waals surface area contributed by atoms with Crippen molar-refractivity contribution in [1.29, 1.82) is 0 Å². The molecule has 1 amide bonds. The number of likely N-dealkylation sites (N-methyl/N-ethyl adjacent to an activating group) is 1. The Morgan fingerprint density at radius 2 is 1.74 bits per heavy atom. The van der Waals surface area contributed by atoms with E-state index in [2.05, 4.69) is 39.4 Å². The minimum atomic E-state index is -0.106. The third kappa shape index (κ3) is 6.60. The maximum Gasteiger partial charge on any atom is 0.244 e. The summed E-state index contributed by atoms with van der Waals surface area (Å²) < 4.78 is 1.94. The summed E-state index contributed by atoms with van der Waals surface area (Å²) in [6, 6.07) is 17.9.